The minimum absolute atomic E-state index is 0.0443. The zero-order valence-electron chi connectivity index (χ0n) is 29.6. The van der Waals surface area contributed by atoms with Crippen molar-refractivity contribution in [2.24, 2.45) is 44.4 Å². The first-order chi connectivity index (χ1) is 24.8. The molecule has 17 N–H and O–H groups in total. The number of nitrogens with two attached hydrogens (primary N) is 6. The summed E-state index contributed by atoms with van der Waals surface area (Å²) in [6.45, 7) is -1.08. The normalized spacial score (nSPS) is 12.7. The van der Waals surface area contributed by atoms with Gasteiger partial charge in [0.2, 0.25) is 29.5 Å². The maximum Gasteiger partial charge on any atom is 0.299 e. The summed E-state index contributed by atoms with van der Waals surface area (Å²) in [4.78, 5) is 90.9. The zero-order valence-corrected chi connectivity index (χ0v) is 27.6. The molecule has 24 nitrogen and oxygen atoms in total. The number of nitro benzene ring substituents is 2. The summed E-state index contributed by atoms with van der Waals surface area (Å²) in [6, 6.07) is -0.976. The highest BCUT2D eigenvalue weighted by Gasteiger charge is 2.23. The molecular weight excluding hydrogens is 678 g/mol. The van der Waals surface area contributed by atoms with Crippen molar-refractivity contribution in [1.82, 2.24) is 21.3 Å². The third-order valence-electron chi connectivity index (χ3n) is 6.63. The topological polar surface area (TPSA) is 413 Å². The molecule has 0 heterocycles. The number of hydrogen-bond acceptors (Lipinski definition) is 13. The number of guanidine groups is 2. The van der Waals surface area contributed by atoms with Crippen molar-refractivity contribution >= 4 is 58.5 Å². The molecule has 0 saturated carbocycles. The van der Waals surface area contributed by atoms with E-state index >= 15 is 0 Å². The molecule has 0 unspecified atom stereocenters. The van der Waals surface area contributed by atoms with Gasteiger partial charge >= 0.3 is 0 Å². The highest BCUT2D eigenvalue weighted by atomic mass is 16.6. The lowest BCUT2D eigenvalue weighted by atomic mass is 10.1. The summed E-state index contributed by atoms with van der Waals surface area (Å²) >= 11 is 0. The van der Waals surface area contributed by atoms with Gasteiger partial charge in [-0.2, -0.15) is 0 Å². The number of amides is 5. The smallest absolute Gasteiger partial charge is 0.299 e. The SMILES string of the molecule is [2H]N(CCC(=O)N[C@@H](CCCN=C(N)N)C(N)=O)C(=O)[C@H](CCCN=C(N)N)NC(=O)CCN([2H])C(=O)[C@@H](N)CNc1ccc([N+](=O)[O-])cc1[N+](=O)[O-]. The number of carbonyl (C=O) groups is 5. The van der Waals surface area contributed by atoms with Crippen LogP contribution in [0.3, 0.4) is 0 Å². The number of carbonyl (C=O) groups excluding carboxylic acids is 5. The maximum absolute atomic E-state index is 13.1. The van der Waals surface area contributed by atoms with Crippen molar-refractivity contribution in [2.45, 2.75) is 56.7 Å². The van der Waals surface area contributed by atoms with Crippen LogP contribution in [0.15, 0.2) is 28.2 Å². The molecule has 1 aromatic rings. The van der Waals surface area contributed by atoms with Crippen LogP contribution in [0.2, 0.25) is 2.82 Å². The van der Waals surface area contributed by atoms with Crippen molar-refractivity contribution in [1.29, 1.82) is 0 Å². The van der Waals surface area contributed by atoms with Crippen molar-refractivity contribution < 1.29 is 36.6 Å². The Morgan fingerprint density at radius 2 is 1.29 bits per heavy atom. The van der Waals surface area contributed by atoms with Crippen molar-refractivity contribution in [3.63, 3.8) is 0 Å². The van der Waals surface area contributed by atoms with E-state index in [2.05, 4.69) is 25.9 Å². The van der Waals surface area contributed by atoms with E-state index in [0.717, 1.165) is 18.2 Å². The Hall–Kier alpha value is -6.33. The standard InChI is InChI=1S/C27H45N15O9/c28-16(14-38-17-6-5-15(41(48)49)13-20(17)42(50)51)24(46)34-11-7-22(44)40-19(4-2-10-37-27(32)33)25(47)35-12-8-21(43)39-18(23(29)45)3-1-9-36-26(30)31/h5-6,13,16,18-19,38H,1-4,7-12,14,28H2,(H2,29,45)(H,34,46)(H,35,47)(H,39,43)(H,40,44)(H4,30,31,36)(H4,32,33,37)/t16-,18-,19-/m0/s1/i/hD2. The summed E-state index contributed by atoms with van der Waals surface area (Å²) in [5.74, 6) is -4.54. The lowest BCUT2D eigenvalue weighted by molar-refractivity contribution is -0.393. The van der Waals surface area contributed by atoms with Gasteiger partial charge in [-0.25, -0.2) is 0 Å². The van der Waals surface area contributed by atoms with Crippen LogP contribution < -0.4 is 61.0 Å². The number of rotatable bonds is 24. The predicted molar refractivity (Wildman–Crippen MR) is 184 cm³/mol. The Morgan fingerprint density at radius 3 is 1.78 bits per heavy atom. The van der Waals surface area contributed by atoms with E-state index in [-0.39, 0.29) is 50.0 Å². The summed E-state index contributed by atoms with van der Waals surface area (Å²) in [5.41, 5.74) is 31.0. The van der Waals surface area contributed by atoms with Gasteiger partial charge in [0.15, 0.2) is 14.7 Å². The van der Waals surface area contributed by atoms with Crippen molar-refractivity contribution in [3.05, 3.63) is 38.4 Å². The summed E-state index contributed by atoms with van der Waals surface area (Å²) < 4.78 is 16.2. The maximum atomic E-state index is 13.1. The van der Waals surface area contributed by atoms with Crippen LogP contribution in [0.4, 0.5) is 17.1 Å². The Labute approximate surface area is 294 Å². The van der Waals surface area contributed by atoms with Gasteiger partial charge < -0.3 is 61.0 Å². The largest absolute Gasteiger partial charge is 0.377 e. The van der Waals surface area contributed by atoms with Crippen LogP contribution in [0.1, 0.15) is 38.5 Å². The van der Waals surface area contributed by atoms with Gasteiger partial charge in [0, 0.05) is 51.6 Å². The summed E-state index contributed by atoms with van der Waals surface area (Å²) in [5, 5.41) is 30.5. The molecule has 0 radical (unpaired) electrons. The Balaban J connectivity index is 2.79. The second kappa shape index (κ2) is 22.3. The van der Waals surface area contributed by atoms with E-state index in [1.54, 1.807) is 0 Å². The molecule has 0 saturated heterocycles. The number of anilines is 1. The number of nitrogens with zero attached hydrogens (tertiary/aromatic N) is 4. The third kappa shape index (κ3) is 17.6. The Morgan fingerprint density at radius 1 is 0.784 bits per heavy atom. The molecule has 0 aliphatic carbocycles. The van der Waals surface area contributed by atoms with Gasteiger partial charge in [-0.1, -0.05) is 0 Å². The number of aliphatic imine (C=N–C) groups is 2. The predicted octanol–water partition coefficient (Wildman–Crippen LogP) is -4.18. The quantitative estimate of drug-likeness (QED) is 0.0158. The first kappa shape index (κ1) is 39.1. The van der Waals surface area contributed by atoms with Gasteiger partial charge in [-0.15, -0.1) is 0 Å². The van der Waals surface area contributed by atoms with Gasteiger partial charge in [0.05, 0.1) is 15.9 Å². The molecule has 0 aliphatic rings. The number of nitro groups is 2. The van der Waals surface area contributed by atoms with Crippen LogP contribution in [0.5, 0.6) is 0 Å². The van der Waals surface area contributed by atoms with Crippen LogP contribution >= 0.6 is 0 Å². The fourth-order valence-electron chi connectivity index (χ4n) is 4.09. The molecule has 0 fully saturated rings. The van der Waals surface area contributed by atoms with Crippen LogP contribution in [0, 0.1) is 20.2 Å². The van der Waals surface area contributed by atoms with E-state index in [4.69, 9.17) is 37.2 Å². The molecule has 0 aromatic heterocycles. The zero-order chi connectivity index (χ0) is 40.2. The minimum atomic E-state index is -1.42. The molecule has 282 valence electrons. The van der Waals surface area contributed by atoms with Crippen molar-refractivity contribution in [2.75, 3.05) is 38.0 Å². The van der Waals surface area contributed by atoms with Crippen LogP contribution in [-0.2, 0) is 24.0 Å². The molecule has 51 heavy (non-hydrogen) atoms. The van der Waals surface area contributed by atoms with E-state index in [1.807, 2.05) is 0 Å². The second-order valence-electron chi connectivity index (χ2n) is 10.7. The molecule has 0 bridgehead atoms. The Kier molecular flexibility index (Phi) is 17.1. The molecule has 5 amide bonds. The highest BCUT2D eigenvalue weighted by Crippen LogP contribution is 2.28. The summed E-state index contributed by atoms with van der Waals surface area (Å²) in [7, 11) is 0. The molecule has 0 aliphatic heterocycles. The first-order valence-electron chi connectivity index (χ1n) is 16.2. The van der Waals surface area contributed by atoms with E-state index < -0.39 is 101 Å². The van der Waals surface area contributed by atoms with Gasteiger partial charge in [0.1, 0.15) is 23.8 Å². The number of hydrogen-bond donors (Lipinski definition) is 11. The highest BCUT2D eigenvalue weighted by molar-refractivity contribution is 5.89. The lowest BCUT2D eigenvalue weighted by Crippen LogP contribution is -2.49. The van der Waals surface area contributed by atoms with Gasteiger partial charge in [-0.05, 0) is 31.7 Å². The molecule has 24 heteroatoms. The number of nitrogens with one attached hydrogen (secondary N) is 5. The first-order valence-corrected chi connectivity index (χ1v) is 15.4. The molecule has 0 spiro atoms. The molecule has 3 atom stereocenters. The lowest BCUT2D eigenvalue weighted by Gasteiger charge is -2.19. The van der Waals surface area contributed by atoms with Crippen LogP contribution in [-0.4, -0.2) is 102 Å². The monoisotopic (exact) mass is 725 g/mol. The van der Waals surface area contributed by atoms with E-state index in [1.165, 1.54) is 0 Å². The van der Waals surface area contributed by atoms with E-state index in [0.29, 0.717) is 17.0 Å². The van der Waals surface area contributed by atoms with Gasteiger partial charge in [-0.3, -0.25) is 54.2 Å². The number of non-ortho nitro benzene ring substituents is 1. The average Bonchev–Trinajstić information content (AvgIpc) is 3.09. The summed E-state index contributed by atoms with van der Waals surface area (Å²) in [6.07, 6.45) is -0.299. The van der Waals surface area contributed by atoms with E-state index in [9.17, 15) is 44.2 Å². The molecular formula is C27H45N15O9. The molecule has 1 rings (SSSR count). The minimum Gasteiger partial charge on any atom is -0.377 e. The van der Waals surface area contributed by atoms with Crippen LogP contribution in [0.25, 0.3) is 0 Å². The fraction of sp³-hybridized carbons (Fsp3) is 0.519. The fourth-order valence-corrected chi connectivity index (χ4v) is 4.09. The number of primary amides is 1. The van der Waals surface area contributed by atoms with Gasteiger partial charge in [0.25, 0.3) is 11.4 Å². The van der Waals surface area contributed by atoms with Crippen molar-refractivity contribution in [3.8, 4) is 0 Å². The average molecular weight is 726 g/mol. The second-order valence-corrected chi connectivity index (χ2v) is 10.7. The molecule has 1 aromatic carbocycles. The number of benzene rings is 1. The Bertz CT molecular complexity index is 1540. The third-order valence-corrected chi connectivity index (χ3v) is 6.63.